The first kappa shape index (κ1) is 13.6. The molecule has 5 nitrogen and oxygen atoms in total. The van der Waals surface area contributed by atoms with Crippen LogP contribution in [0, 0.1) is 0 Å². The Morgan fingerprint density at radius 1 is 1.30 bits per heavy atom. The number of amides is 1. The Kier molecular flexibility index (Phi) is 4.08. The van der Waals surface area contributed by atoms with E-state index in [1.165, 1.54) is 18.4 Å². The van der Waals surface area contributed by atoms with Crippen LogP contribution in [-0.4, -0.2) is 59.5 Å². The van der Waals surface area contributed by atoms with Crippen LogP contribution in [0.25, 0.3) is 0 Å². The standard InChI is InChI=1S/C15H24N4O/c1-17-6-8-19(9-7-17)15(20)12-18-5-4-13(11-18)10-16-14-2-3-14/h4-5,11,14,16H,2-3,6-10,12H2,1H3. The van der Waals surface area contributed by atoms with Crippen molar-refractivity contribution >= 4 is 5.91 Å². The van der Waals surface area contributed by atoms with E-state index in [2.05, 4.69) is 29.5 Å². The lowest BCUT2D eigenvalue weighted by Crippen LogP contribution is -2.48. The van der Waals surface area contributed by atoms with Crippen molar-refractivity contribution in [1.29, 1.82) is 0 Å². The molecule has 1 N–H and O–H groups in total. The molecule has 1 aromatic rings. The number of rotatable bonds is 5. The molecule has 0 radical (unpaired) electrons. The van der Waals surface area contributed by atoms with Crippen molar-refractivity contribution in [1.82, 2.24) is 19.7 Å². The molecule has 1 aromatic heterocycles. The topological polar surface area (TPSA) is 40.5 Å². The molecule has 1 aliphatic carbocycles. The molecule has 2 heterocycles. The van der Waals surface area contributed by atoms with Crippen molar-refractivity contribution < 1.29 is 4.79 Å². The summed E-state index contributed by atoms with van der Waals surface area (Å²) in [6.45, 7) is 5.05. The Hall–Kier alpha value is -1.33. The lowest BCUT2D eigenvalue weighted by molar-refractivity contribution is -0.133. The summed E-state index contributed by atoms with van der Waals surface area (Å²) in [6, 6.07) is 2.83. The molecular formula is C15H24N4O. The van der Waals surface area contributed by atoms with Crippen molar-refractivity contribution in [2.75, 3.05) is 33.2 Å². The quantitative estimate of drug-likeness (QED) is 0.852. The second kappa shape index (κ2) is 5.97. The highest BCUT2D eigenvalue weighted by molar-refractivity contribution is 5.76. The Morgan fingerprint density at radius 2 is 2.05 bits per heavy atom. The molecule has 1 saturated carbocycles. The summed E-state index contributed by atoms with van der Waals surface area (Å²) in [5, 5.41) is 3.49. The van der Waals surface area contributed by atoms with E-state index in [1.807, 2.05) is 15.7 Å². The van der Waals surface area contributed by atoms with Crippen LogP contribution in [0.15, 0.2) is 18.5 Å². The lowest BCUT2D eigenvalue weighted by atomic mass is 10.3. The van der Waals surface area contributed by atoms with Crippen LogP contribution < -0.4 is 5.32 Å². The number of carbonyl (C=O) groups excluding carboxylic acids is 1. The zero-order valence-corrected chi connectivity index (χ0v) is 12.2. The number of likely N-dealkylation sites (N-methyl/N-ethyl adjacent to an activating group) is 1. The number of piperazine rings is 1. The highest BCUT2D eigenvalue weighted by atomic mass is 16.2. The van der Waals surface area contributed by atoms with E-state index in [0.29, 0.717) is 6.54 Å². The van der Waals surface area contributed by atoms with Crippen LogP contribution in [0.4, 0.5) is 0 Å². The van der Waals surface area contributed by atoms with Crippen LogP contribution >= 0.6 is 0 Å². The van der Waals surface area contributed by atoms with E-state index in [-0.39, 0.29) is 5.91 Å². The summed E-state index contributed by atoms with van der Waals surface area (Å²) in [7, 11) is 2.10. The number of carbonyl (C=O) groups is 1. The molecule has 110 valence electrons. The summed E-state index contributed by atoms with van der Waals surface area (Å²) in [5.41, 5.74) is 1.27. The Bertz CT molecular complexity index is 458. The van der Waals surface area contributed by atoms with Gasteiger partial charge >= 0.3 is 0 Å². The Labute approximate surface area is 120 Å². The molecule has 1 aliphatic heterocycles. The molecule has 0 atom stereocenters. The fraction of sp³-hybridized carbons (Fsp3) is 0.667. The largest absolute Gasteiger partial charge is 0.345 e. The minimum atomic E-state index is 0.232. The molecule has 0 aromatic carbocycles. The average molecular weight is 276 g/mol. The molecule has 20 heavy (non-hydrogen) atoms. The monoisotopic (exact) mass is 276 g/mol. The highest BCUT2D eigenvalue weighted by Gasteiger charge is 2.21. The maximum atomic E-state index is 12.2. The van der Waals surface area contributed by atoms with Crippen molar-refractivity contribution in [3.05, 3.63) is 24.0 Å². The summed E-state index contributed by atoms with van der Waals surface area (Å²) in [6.07, 6.45) is 6.71. The van der Waals surface area contributed by atoms with Crippen LogP contribution in [0.3, 0.4) is 0 Å². The van der Waals surface area contributed by atoms with Gasteiger partial charge in [-0.3, -0.25) is 4.79 Å². The molecule has 0 spiro atoms. The third-order valence-corrected chi connectivity index (χ3v) is 4.16. The van der Waals surface area contributed by atoms with Gasteiger partial charge in [-0.2, -0.15) is 0 Å². The number of nitrogens with one attached hydrogen (secondary N) is 1. The van der Waals surface area contributed by atoms with Gasteiger partial charge in [-0.05, 0) is 31.5 Å². The van der Waals surface area contributed by atoms with Gasteiger partial charge in [0.15, 0.2) is 0 Å². The number of hydrogen-bond donors (Lipinski definition) is 1. The van der Waals surface area contributed by atoms with Crippen molar-refractivity contribution in [2.24, 2.45) is 0 Å². The zero-order valence-electron chi connectivity index (χ0n) is 12.2. The first-order valence-corrected chi connectivity index (χ1v) is 7.55. The third kappa shape index (κ3) is 3.61. The number of nitrogens with zero attached hydrogens (tertiary/aromatic N) is 3. The fourth-order valence-electron chi connectivity index (χ4n) is 2.56. The Morgan fingerprint density at radius 3 is 2.75 bits per heavy atom. The van der Waals surface area contributed by atoms with E-state index >= 15 is 0 Å². The van der Waals surface area contributed by atoms with E-state index in [0.717, 1.165) is 38.8 Å². The molecule has 3 rings (SSSR count). The molecule has 2 aliphatic rings. The van der Waals surface area contributed by atoms with Crippen molar-refractivity contribution in [3.8, 4) is 0 Å². The third-order valence-electron chi connectivity index (χ3n) is 4.16. The predicted molar refractivity (Wildman–Crippen MR) is 78.4 cm³/mol. The van der Waals surface area contributed by atoms with E-state index in [4.69, 9.17) is 0 Å². The second-order valence-electron chi connectivity index (χ2n) is 6.03. The first-order chi connectivity index (χ1) is 9.70. The van der Waals surface area contributed by atoms with Crippen LogP contribution in [0.2, 0.25) is 0 Å². The van der Waals surface area contributed by atoms with Crippen LogP contribution in [0.1, 0.15) is 18.4 Å². The molecular weight excluding hydrogens is 252 g/mol. The van der Waals surface area contributed by atoms with Gasteiger partial charge in [0.25, 0.3) is 0 Å². The second-order valence-corrected chi connectivity index (χ2v) is 6.03. The van der Waals surface area contributed by atoms with Gasteiger partial charge < -0.3 is 19.7 Å². The normalized spacial score (nSPS) is 20.4. The molecule has 1 amide bonds. The van der Waals surface area contributed by atoms with Gasteiger partial charge in [0.2, 0.25) is 5.91 Å². The summed E-state index contributed by atoms with van der Waals surface area (Å²) < 4.78 is 2.00. The SMILES string of the molecule is CN1CCN(C(=O)Cn2ccc(CNC3CC3)c2)CC1. The Balaban J connectivity index is 1.47. The van der Waals surface area contributed by atoms with E-state index in [9.17, 15) is 4.79 Å². The van der Waals surface area contributed by atoms with Gasteiger partial charge in [-0.15, -0.1) is 0 Å². The van der Waals surface area contributed by atoms with Crippen LogP contribution in [0.5, 0.6) is 0 Å². The van der Waals surface area contributed by atoms with Gasteiger partial charge in [0, 0.05) is 51.2 Å². The van der Waals surface area contributed by atoms with Crippen molar-refractivity contribution in [3.63, 3.8) is 0 Å². The molecule has 0 unspecified atom stereocenters. The highest BCUT2D eigenvalue weighted by Crippen LogP contribution is 2.19. The van der Waals surface area contributed by atoms with E-state index < -0.39 is 0 Å². The predicted octanol–water partition coefficient (Wildman–Crippen LogP) is 0.514. The van der Waals surface area contributed by atoms with Gasteiger partial charge in [0.05, 0.1) is 0 Å². The lowest BCUT2D eigenvalue weighted by Gasteiger charge is -2.32. The molecule has 0 bridgehead atoms. The average Bonchev–Trinajstić information content (AvgIpc) is 3.17. The summed E-state index contributed by atoms with van der Waals surface area (Å²) >= 11 is 0. The summed E-state index contributed by atoms with van der Waals surface area (Å²) in [4.78, 5) is 16.5. The van der Waals surface area contributed by atoms with Gasteiger partial charge in [-0.1, -0.05) is 0 Å². The minimum Gasteiger partial charge on any atom is -0.345 e. The van der Waals surface area contributed by atoms with Gasteiger partial charge in [0.1, 0.15) is 6.54 Å². The number of hydrogen-bond acceptors (Lipinski definition) is 3. The smallest absolute Gasteiger partial charge is 0.242 e. The summed E-state index contributed by atoms with van der Waals surface area (Å²) in [5.74, 6) is 0.232. The number of aromatic nitrogens is 1. The van der Waals surface area contributed by atoms with Crippen LogP contribution in [-0.2, 0) is 17.9 Å². The first-order valence-electron chi connectivity index (χ1n) is 7.55. The van der Waals surface area contributed by atoms with Crippen molar-refractivity contribution in [2.45, 2.75) is 32.0 Å². The van der Waals surface area contributed by atoms with Gasteiger partial charge in [-0.25, -0.2) is 0 Å². The maximum Gasteiger partial charge on any atom is 0.242 e. The molecule has 5 heteroatoms. The molecule has 2 fully saturated rings. The maximum absolute atomic E-state index is 12.2. The minimum absolute atomic E-state index is 0.232. The van der Waals surface area contributed by atoms with E-state index in [1.54, 1.807) is 0 Å². The zero-order chi connectivity index (χ0) is 13.9. The fourth-order valence-corrected chi connectivity index (χ4v) is 2.56. The molecule has 1 saturated heterocycles.